The first-order valence-electron chi connectivity index (χ1n) is 27.7. The van der Waals surface area contributed by atoms with Crippen molar-refractivity contribution in [2.75, 3.05) is 32.7 Å². The quantitative estimate of drug-likeness (QED) is 0.0457. The summed E-state index contributed by atoms with van der Waals surface area (Å²) in [5.41, 5.74) is 29.6. The number of benzene rings is 1. The molecule has 1 aliphatic heterocycles. The van der Waals surface area contributed by atoms with E-state index in [9.17, 15) is 67.7 Å². The number of nitrogens with one attached hydrogen (secondary N) is 12. The van der Waals surface area contributed by atoms with Gasteiger partial charge in [-0.3, -0.25) is 57.5 Å². The second-order valence-corrected chi connectivity index (χ2v) is 20.8. The highest BCUT2D eigenvalue weighted by Gasteiger charge is 2.37. The molecular weight excluding hydrogens is 1090 g/mol. The molecule has 1 aromatic rings. The first-order valence-corrected chi connectivity index (χ1v) is 27.7. The van der Waals surface area contributed by atoms with Crippen LogP contribution in [0, 0.1) is 5.92 Å². The number of hydrogen-bond acceptors (Lipinski definition) is 19. The van der Waals surface area contributed by atoms with E-state index >= 15 is 0 Å². The topological polar surface area (TPSA) is 520 Å². The highest BCUT2D eigenvalue weighted by molar-refractivity contribution is 5.99. The number of aliphatic hydroxyl groups is 2. The minimum Gasteiger partial charge on any atom is -0.391 e. The van der Waals surface area contributed by atoms with Crippen molar-refractivity contribution in [3.8, 4) is 0 Å². The Kier molecular flexibility index (Phi) is 31.3. The van der Waals surface area contributed by atoms with Gasteiger partial charge in [0, 0.05) is 13.0 Å². The standard InChI is InChI=1S/C52H89N17O14/c1-25(2)23-37-49(80)63-32(13-18-53)44(75)62-35(16-21-56)48(79)69-39(29(6)70)51(82)58-22-17-36(47(78)61-33(14-19-54)46(77)67-38(50(81)66-37)24-31-11-9-8-10-12-31)64-45(76)34(15-20-55)65-52(83)40(30(7)71)68-43(74)28(5)60-42(73)27(4)59-41(72)26(3)57/h8-12,25-30,32-40,70-71H,13-24,53-57H2,1-7H3,(H,58,82)(H,59,72)(H,60,73)(H,61,78)(H,62,75)(H,63,80)(H,64,76)(H,65,83)(H,66,81)(H,67,77)(H,68,74)(H,69,79)/t26-,27-,28-,29+,30+,32-,33-,34-,35-,36-,37-,38+,39-,40-/m0/s1. The van der Waals surface area contributed by atoms with E-state index in [2.05, 4.69) is 63.8 Å². The summed E-state index contributed by atoms with van der Waals surface area (Å²) in [4.78, 5) is 165. The maximum atomic E-state index is 14.5. The second-order valence-electron chi connectivity index (χ2n) is 20.8. The van der Waals surface area contributed by atoms with Crippen LogP contribution in [-0.4, -0.2) is 199 Å². The lowest BCUT2D eigenvalue weighted by atomic mass is 10.00. The highest BCUT2D eigenvalue weighted by Crippen LogP contribution is 2.11. The summed E-state index contributed by atoms with van der Waals surface area (Å²) in [6.45, 7) is 8.66. The Bertz CT molecular complexity index is 2360. The number of nitrogens with two attached hydrogens (primary N) is 5. The molecule has 1 aromatic carbocycles. The van der Waals surface area contributed by atoms with Gasteiger partial charge in [-0.15, -0.1) is 0 Å². The summed E-state index contributed by atoms with van der Waals surface area (Å²) >= 11 is 0. The fourth-order valence-electron chi connectivity index (χ4n) is 8.27. The fraction of sp³-hybridized carbons (Fsp3) is 0.654. The van der Waals surface area contributed by atoms with Crippen LogP contribution < -0.4 is 92.5 Å². The van der Waals surface area contributed by atoms with Crippen molar-refractivity contribution >= 4 is 70.9 Å². The molecule has 0 bridgehead atoms. The van der Waals surface area contributed by atoms with Crippen molar-refractivity contribution in [2.24, 2.45) is 34.6 Å². The monoisotopic (exact) mass is 1180 g/mol. The third-order valence-corrected chi connectivity index (χ3v) is 13.0. The molecule has 31 heteroatoms. The Hall–Kier alpha value is -7.42. The third kappa shape index (κ3) is 24.5. The minimum atomic E-state index is -1.76. The Morgan fingerprint density at radius 1 is 0.542 bits per heavy atom. The second kappa shape index (κ2) is 36.2. The van der Waals surface area contributed by atoms with E-state index in [1.807, 2.05) is 0 Å². The predicted molar refractivity (Wildman–Crippen MR) is 302 cm³/mol. The minimum absolute atomic E-state index is 0.0352. The Labute approximate surface area is 482 Å². The molecule has 1 heterocycles. The van der Waals surface area contributed by atoms with E-state index < -0.39 is 169 Å². The van der Waals surface area contributed by atoms with E-state index in [1.54, 1.807) is 44.2 Å². The Balaban J connectivity index is 2.68. The number of aliphatic hydroxyl groups excluding tert-OH is 2. The number of amides is 12. The van der Waals surface area contributed by atoms with Crippen LogP contribution in [0.25, 0.3) is 0 Å². The SMILES string of the molecule is CC(C)C[C@@H]1NC(=O)[C@@H](Cc2ccccc2)NC(=O)[C@H](CCN)NC(=O)[C@@H](NC(=O)[C@H](CCN)NC(=O)[C@@H](NC(=O)[C@H](C)NC(=O)[C@H](C)NC(=O)[C@H](C)N)[C@@H](C)O)CCNC(=O)[C@H]([C@@H](C)O)NC(=O)[C@H](CCN)NC(=O)[C@H](CCN)NC1=O. The molecule has 1 aliphatic rings. The molecule has 0 unspecified atom stereocenters. The summed E-state index contributed by atoms with van der Waals surface area (Å²) < 4.78 is 0. The van der Waals surface area contributed by atoms with Crippen molar-refractivity contribution in [2.45, 2.75) is 178 Å². The van der Waals surface area contributed by atoms with Crippen LogP contribution in [0.4, 0.5) is 0 Å². The lowest BCUT2D eigenvalue weighted by Crippen LogP contribution is -2.62. The summed E-state index contributed by atoms with van der Waals surface area (Å²) in [7, 11) is 0. The van der Waals surface area contributed by atoms with Crippen molar-refractivity contribution in [1.82, 2.24) is 63.8 Å². The predicted octanol–water partition coefficient (Wildman–Crippen LogP) is -8.33. The van der Waals surface area contributed by atoms with E-state index in [1.165, 1.54) is 27.7 Å². The van der Waals surface area contributed by atoms with Crippen molar-refractivity contribution in [3.05, 3.63) is 35.9 Å². The summed E-state index contributed by atoms with van der Waals surface area (Å²) in [5.74, 6) is -11.3. The summed E-state index contributed by atoms with van der Waals surface area (Å²) in [6, 6.07) is -8.70. The smallest absolute Gasteiger partial charge is 0.245 e. The Morgan fingerprint density at radius 3 is 1.48 bits per heavy atom. The fourth-order valence-corrected chi connectivity index (χ4v) is 8.27. The van der Waals surface area contributed by atoms with Crippen LogP contribution in [0.3, 0.4) is 0 Å². The molecule has 24 N–H and O–H groups in total. The maximum Gasteiger partial charge on any atom is 0.245 e. The molecule has 12 amide bonds. The van der Waals surface area contributed by atoms with Gasteiger partial charge in [0.15, 0.2) is 0 Å². The van der Waals surface area contributed by atoms with Gasteiger partial charge in [0.05, 0.1) is 18.2 Å². The van der Waals surface area contributed by atoms with Crippen molar-refractivity contribution < 1.29 is 67.7 Å². The van der Waals surface area contributed by atoms with Crippen LogP contribution >= 0.6 is 0 Å². The largest absolute Gasteiger partial charge is 0.391 e. The molecule has 31 nitrogen and oxygen atoms in total. The first kappa shape index (κ1) is 71.7. The van der Waals surface area contributed by atoms with E-state index in [0.29, 0.717) is 5.56 Å². The summed E-state index contributed by atoms with van der Waals surface area (Å²) in [5, 5.41) is 51.2. The van der Waals surface area contributed by atoms with Gasteiger partial charge in [-0.25, -0.2) is 0 Å². The molecule has 0 aliphatic carbocycles. The van der Waals surface area contributed by atoms with Gasteiger partial charge in [0.2, 0.25) is 70.9 Å². The lowest BCUT2D eigenvalue weighted by molar-refractivity contribution is -0.137. The third-order valence-electron chi connectivity index (χ3n) is 13.0. The van der Waals surface area contributed by atoms with Crippen LogP contribution in [-0.2, 0) is 64.0 Å². The number of carbonyl (C=O) groups is 12. The number of rotatable bonds is 24. The zero-order valence-electron chi connectivity index (χ0n) is 48.2. The van der Waals surface area contributed by atoms with Gasteiger partial charge in [-0.1, -0.05) is 44.2 Å². The van der Waals surface area contributed by atoms with Gasteiger partial charge in [-0.05, 0) is 111 Å². The average Bonchev–Trinajstić information content (AvgIpc) is 3.46. The summed E-state index contributed by atoms with van der Waals surface area (Å²) in [6.07, 6.45) is -4.66. The molecular formula is C52H89N17O14. The lowest BCUT2D eigenvalue weighted by Gasteiger charge is -2.29. The van der Waals surface area contributed by atoms with Crippen molar-refractivity contribution in [1.29, 1.82) is 0 Å². The van der Waals surface area contributed by atoms with Crippen LogP contribution in [0.2, 0.25) is 0 Å². The normalized spacial score (nSPS) is 23.5. The van der Waals surface area contributed by atoms with E-state index in [-0.39, 0.29) is 70.6 Å². The maximum absolute atomic E-state index is 14.5. The molecule has 14 atom stereocenters. The molecule has 466 valence electrons. The highest BCUT2D eigenvalue weighted by atomic mass is 16.3. The Morgan fingerprint density at radius 2 is 1.00 bits per heavy atom. The number of hydrogen-bond donors (Lipinski definition) is 19. The molecule has 83 heavy (non-hydrogen) atoms. The van der Waals surface area contributed by atoms with Gasteiger partial charge in [0.25, 0.3) is 0 Å². The molecule has 0 spiro atoms. The van der Waals surface area contributed by atoms with Crippen LogP contribution in [0.5, 0.6) is 0 Å². The van der Waals surface area contributed by atoms with Gasteiger partial charge >= 0.3 is 0 Å². The van der Waals surface area contributed by atoms with Gasteiger partial charge in [-0.2, -0.15) is 0 Å². The van der Waals surface area contributed by atoms with Crippen molar-refractivity contribution in [3.63, 3.8) is 0 Å². The molecule has 0 radical (unpaired) electrons. The van der Waals surface area contributed by atoms with Gasteiger partial charge in [0.1, 0.15) is 66.5 Å². The molecule has 2 rings (SSSR count). The molecule has 0 saturated carbocycles. The van der Waals surface area contributed by atoms with E-state index in [0.717, 1.165) is 6.92 Å². The molecule has 1 saturated heterocycles. The zero-order valence-corrected chi connectivity index (χ0v) is 48.2. The van der Waals surface area contributed by atoms with Gasteiger partial charge < -0.3 is 103 Å². The molecule has 1 fully saturated rings. The molecule has 0 aromatic heterocycles. The van der Waals surface area contributed by atoms with E-state index in [4.69, 9.17) is 28.7 Å². The first-order chi connectivity index (χ1) is 39.1. The average molecular weight is 1180 g/mol. The number of carbonyl (C=O) groups excluding carboxylic acids is 12. The zero-order chi connectivity index (χ0) is 62.7. The van der Waals surface area contributed by atoms with Crippen LogP contribution in [0.15, 0.2) is 30.3 Å². The van der Waals surface area contributed by atoms with Crippen LogP contribution in [0.1, 0.15) is 92.6 Å².